The highest BCUT2D eigenvalue weighted by molar-refractivity contribution is 6.46. The fourth-order valence-electron chi connectivity index (χ4n) is 4.15. The Kier molecular flexibility index (Phi) is 7.77. The molecule has 7 heteroatoms. The van der Waals surface area contributed by atoms with Crippen LogP contribution in [-0.4, -0.2) is 53.0 Å². The number of likely N-dealkylation sites (tertiary alicyclic amines) is 1. The highest BCUT2D eigenvalue weighted by Crippen LogP contribution is 2.40. The van der Waals surface area contributed by atoms with Crippen LogP contribution in [0.5, 0.6) is 5.75 Å². The van der Waals surface area contributed by atoms with Crippen LogP contribution in [0, 0.1) is 0 Å². The molecule has 0 saturated carbocycles. The molecule has 7 nitrogen and oxygen atoms in total. The molecule has 0 radical (unpaired) electrons. The Labute approximate surface area is 201 Å². The number of pyridine rings is 1. The van der Waals surface area contributed by atoms with Gasteiger partial charge < -0.3 is 19.5 Å². The summed E-state index contributed by atoms with van der Waals surface area (Å²) in [4.78, 5) is 31.8. The van der Waals surface area contributed by atoms with Crippen LogP contribution in [0.15, 0.2) is 48.3 Å². The Bertz CT molecular complexity index is 1070. The average Bonchev–Trinajstić information content (AvgIpc) is 3.05. The first-order valence-corrected chi connectivity index (χ1v) is 11.5. The topological polar surface area (TPSA) is 89.0 Å². The van der Waals surface area contributed by atoms with Gasteiger partial charge in [0.1, 0.15) is 11.5 Å². The molecule has 2 aromatic rings. The van der Waals surface area contributed by atoms with Gasteiger partial charge in [0.05, 0.1) is 24.8 Å². The monoisotopic (exact) mass is 466 g/mol. The van der Waals surface area contributed by atoms with Crippen LogP contribution in [-0.2, 0) is 19.7 Å². The van der Waals surface area contributed by atoms with E-state index in [1.165, 1.54) is 4.90 Å². The maximum atomic E-state index is 13.2. The summed E-state index contributed by atoms with van der Waals surface area (Å²) in [6.45, 7) is 10.8. The minimum absolute atomic E-state index is 0.0750. The molecule has 0 spiro atoms. The molecule has 1 aromatic heterocycles. The third-order valence-corrected chi connectivity index (χ3v) is 5.84. The summed E-state index contributed by atoms with van der Waals surface area (Å²) in [6.07, 6.45) is 3.88. The first kappa shape index (κ1) is 25.4. The van der Waals surface area contributed by atoms with Gasteiger partial charge in [0, 0.05) is 36.7 Å². The predicted octanol–water partition coefficient (Wildman–Crippen LogP) is 4.62. The number of nitrogens with zero attached hydrogens (tertiary/aromatic N) is 2. The summed E-state index contributed by atoms with van der Waals surface area (Å²) >= 11 is 0. The third kappa shape index (κ3) is 5.30. The third-order valence-electron chi connectivity index (χ3n) is 5.84. The SMILES string of the molecule is COc1ccc(/C(O)=C2/C(=O)C(=O)N(CCCOC(C)C)C2c2ccncc2)cc1C(C)(C)C. The molecule has 3 rings (SSSR count). The van der Waals surface area contributed by atoms with Crippen molar-refractivity contribution in [3.63, 3.8) is 0 Å². The van der Waals surface area contributed by atoms with Gasteiger partial charge in [-0.2, -0.15) is 0 Å². The van der Waals surface area contributed by atoms with E-state index in [9.17, 15) is 14.7 Å². The van der Waals surface area contributed by atoms with Gasteiger partial charge in [-0.15, -0.1) is 0 Å². The largest absolute Gasteiger partial charge is 0.507 e. The van der Waals surface area contributed by atoms with E-state index in [1.807, 2.05) is 40.7 Å². The lowest BCUT2D eigenvalue weighted by molar-refractivity contribution is -0.140. The fourth-order valence-corrected chi connectivity index (χ4v) is 4.15. The summed E-state index contributed by atoms with van der Waals surface area (Å²) in [5.41, 5.74) is 1.89. The van der Waals surface area contributed by atoms with Gasteiger partial charge >= 0.3 is 0 Å². The second kappa shape index (κ2) is 10.4. The molecule has 1 amide bonds. The number of ether oxygens (including phenoxy) is 2. The van der Waals surface area contributed by atoms with E-state index in [1.54, 1.807) is 43.8 Å². The molecule has 1 aromatic carbocycles. The molecule has 1 atom stereocenters. The lowest BCUT2D eigenvalue weighted by atomic mass is 9.84. The number of hydrogen-bond donors (Lipinski definition) is 1. The Morgan fingerprint density at radius 3 is 2.41 bits per heavy atom. The number of benzene rings is 1. The minimum atomic E-state index is -0.706. The number of aromatic nitrogens is 1. The molecule has 1 aliphatic heterocycles. The predicted molar refractivity (Wildman–Crippen MR) is 131 cm³/mol. The first-order valence-electron chi connectivity index (χ1n) is 11.5. The summed E-state index contributed by atoms with van der Waals surface area (Å²) in [5.74, 6) is -0.829. The number of carbonyl (C=O) groups excluding carboxylic acids is 2. The molecule has 1 fully saturated rings. The molecule has 1 N–H and O–H groups in total. The van der Waals surface area contributed by atoms with Crippen molar-refractivity contribution in [1.82, 2.24) is 9.88 Å². The molecule has 34 heavy (non-hydrogen) atoms. The van der Waals surface area contributed by atoms with Crippen molar-refractivity contribution < 1.29 is 24.2 Å². The van der Waals surface area contributed by atoms with Crippen molar-refractivity contribution in [3.8, 4) is 5.75 Å². The molecular weight excluding hydrogens is 432 g/mol. The smallest absolute Gasteiger partial charge is 0.295 e. The van der Waals surface area contributed by atoms with Gasteiger partial charge in [0.2, 0.25) is 0 Å². The van der Waals surface area contributed by atoms with Crippen LogP contribution in [0.4, 0.5) is 0 Å². The van der Waals surface area contributed by atoms with E-state index in [4.69, 9.17) is 9.47 Å². The zero-order valence-electron chi connectivity index (χ0n) is 20.8. The van der Waals surface area contributed by atoms with Crippen LogP contribution in [0.2, 0.25) is 0 Å². The number of aliphatic hydroxyl groups excluding tert-OH is 1. The van der Waals surface area contributed by atoms with Crippen LogP contribution in [0.1, 0.15) is 63.8 Å². The summed E-state index contributed by atoms with van der Waals surface area (Å²) in [5, 5.41) is 11.4. The number of aliphatic hydroxyl groups is 1. The number of amides is 1. The molecule has 182 valence electrons. The number of carbonyl (C=O) groups is 2. The molecule has 2 heterocycles. The van der Waals surface area contributed by atoms with E-state index in [0.717, 1.165) is 5.56 Å². The Morgan fingerprint density at radius 1 is 1.15 bits per heavy atom. The maximum Gasteiger partial charge on any atom is 0.295 e. The minimum Gasteiger partial charge on any atom is -0.507 e. The second-order valence-corrected chi connectivity index (χ2v) is 9.71. The lowest BCUT2D eigenvalue weighted by Gasteiger charge is -2.26. The van der Waals surface area contributed by atoms with E-state index < -0.39 is 17.7 Å². The molecular formula is C27H34N2O5. The zero-order valence-corrected chi connectivity index (χ0v) is 20.8. The summed E-state index contributed by atoms with van der Waals surface area (Å²) in [7, 11) is 1.60. The molecule has 1 unspecified atom stereocenters. The standard InChI is InChI=1S/C27H34N2O5/c1-17(2)34-15-7-14-29-23(18-10-12-28-13-11-18)22(25(31)26(29)32)24(30)19-8-9-21(33-6)20(16-19)27(3,4)5/h8-13,16-17,23,30H,7,14-15H2,1-6H3/b24-22-. The number of rotatable bonds is 8. The summed E-state index contributed by atoms with van der Waals surface area (Å²) < 4.78 is 11.1. The van der Waals surface area contributed by atoms with E-state index in [-0.39, 0.29) is 22.9 Å². The Hall–Kier alpha value is -3.19. The van der Waals surface area contributed by atoms with Crippen LogP contribution in [0.25, 0.3) is 5.76 Å². The van der Waals surface area contributed by atoms with Crippen molar-refractivity contribution in [3.05, 3.63) is 65.0 Å². The van der Waals surface area contributed by atoms with Gasteiger partial charge in [-0.25, -0.2) is 0 Å². The number of hydrogen-bond acceptors (Lipinski definition) is 6. The quantitative estimate of drug-likeness (QED) is 0.264. The van der Waals surface area contributed by atoms with Crippen LogP contribution < -0.4 is 4.74 Å². The molecule has 0 bridgehead atoms. The van der Waals surface area contributed by atoms with Gasteiger partial charge in [-0.1, -0.05) is 20.8 Å². The molecule has 1 aliphatic rings. The Morgan fingerprint density at radius 2 is 1.82 bits per heavy atom. The number of methoxy groups -OCH3 is 1. The van der Waals surface area contributed by atoms with Crippen molar-refractivity contribution >= 4 is 17.4 Å². The maximum absolute atomic E-state index is 13.2. The number of Topliss-reactive ketones (excluding diaryl/α,β-unsaturated/α-hetero) is 1. The van der Waals surface area contributed by atoms with Gasteiger partial charge in [-0.3, -0.25) is 14.6 Å². The lowest BCUT2D eigenvalue weighted by Crippen LogP contribution is -2.31. The average molecular weight is 467 g/mol. The normalized spacial score (nSPS) is 18.1. The van der Waals surface area contributed by atoms with Gasteiger partial charge in [-0.05, 0) is 61.6 Å². The van der Waals surface area contributed by atoms with Crippen molar-refractivity contribution in [2.24, 2.45) is 0 Å². The van der Waals surface area contributed by atoms with Crippen LogP contribution in [0.3, 0.4) is 0 Å². The van der Waals surface area contributed by atoms with Gasteiger partial charge in [0.25, 0.3) is 11.7 Å². The summed E-state index contributed by atoms with van der Waals surface area (Å²) in [6, 6.07) is 8.11. The van der Waals surface area contributed by atoms with Crippen LogP contribution >= 0.6 is 0 Å². The zero-order chi connectivity index (χ0) is 25.0. The van der Waals surface area contributed by atoms with E-state index in [2.05, 4.69) is 4.98 Å². The number of ketones is 1. The van der Waals surface area contributed by atoms with E-state index in [0.29, 0.717) is 36.4 Å². The van der Waals surface area contributed by atoms with Crippen molar-refractivity contribution in [1.29, 1.82) is 0 Å². The Balaban J connectivity index is 2.09. The van der Waals surface area contributed by atoms with Crippen molar-refractivity contribution in [2.75, 3.05) is 20.3 Å². The molecule has 0 aliphatic carbocycles. The molecule has 1 saturated heterocycles. The van der Waals surface area contributed by atoms with Crippen molar-refractivity contribution in [2.45, 2.75) is 58.6 Å². The highest BCUT2D eigenvalue weighted by Gasteiger charge is 2.45. The first-order chi connectivity index (χ1) is 16.1. The second-order valence-electron chi connectivity index (χ2n) is 9.71. The highest BCUT2D eigenvalue weighted by atomic mass is 16.5. The van der Waals surface area contributed by atoms with E-state index >= 15 is 0 Å². The van der Waals surface area contributed by atoms with Gasteiger partial charge in [0.15, 0.2) is 0 Å². The fraction of sp³-hybridized carbons (Fsp3) is 0.444.